The van der Waals surface area contributed by atoms with Gasteiger partial charge in [-0.1, -0.05) is 0 Å². The zero-order chi connectivity index (χ0) is 15.1. The highest BCUT2D eigenvalue weighted by Gasteiger charge is 2.12. The molecule has 2 N–H and O–H groups in total. The molecule has 0 radical (unpaired) electrons. The van der Waals surface area contributed by atoms with Crippen LogP contribution in [0.2, 0.25) is 0 Å². The van der Waals surface area contributed by atoms with E-state index in [1.54, 1.807) is 18.4 Å². The fourth-order valence-electron chi connectivity index (χ4n) is 1.89. The van der Waals surface area contributed by atoms with E-state index in [4.69, 9.17) is 4.42 Å². The van der Waals surface area contributed by atoms with Gasteiger partial charge in [-0.2, -0.15) is 0 Å². The highest BCUT2D eigenvalue weighted by atomic mass is 16.3. The second-order valence-electron chi connectivity index (χ2n) is 4.67. The van der Waals surface area contributed by atoms with Crippen LogP contribution in [0.15, 0.2) is 46.1 Å². The molecule has 2 aromatic rings. The molecule has 112 valence electrons. The van der Waals surface area contributed by atoms with Crippen molar-refractivity contribution >= 4 is 5.91 Å². The molecular weight excluding hydrogens is 274 g/mol. The lowest BCUT2D eigenvalue weighted by Crippen LogP contribution is -2.36. The summed E-state index contributed by atoms with van der Waals surface area (Å²) in [5.41, 5.74) is -0.470. The van der Waals surface area contributed by atoms with Gasteiger partial charge >= 0.3 is 5.69 Å². The number of hydrogen-bond donors (Lipinski definition) is 2. The van der Waals surface area contributed by atoms with E-state index in [1.807, 2.05) is 6.07 Å². The van der Waals surface area contributed by atoms with Gasteiger partial charge in [0.1, 0.15) is 12.3 Å². The lowest BCUT2D eigenvalue weighted by Gasteiger charge is -2.14. The molecule has 0 fully saturated rings. The molecule has 0 unspecified atom stereocenters. The van der Waals surface area contributed by atoms with Gasteiger partial charge in [0, 0.05) is 37.9 Å². The van der Waals surface area contributed by atoms with Crippen molar-refractivity contribution in [3.63, 3.8) is 0 Å². The second kappa shape index (κ2) is 7.39. The first kappa shape index (κ1) is 15.0. The Morgan fingerprint density at radius 3 is 3.00 bits per heavy atom. The SMILES string of the molecule is O=C(Cn1cccnc1=O)NC[C@H](CO)Cc1ccco1. The number of hydrogen-bond acceptors (Lipinski definition) is 5. The van der Waals surface area contributed by atoms with E-state index >= 15 is 0 Å². The van der Waals surface area contributed by atoms with Crippen molar-refractivity contribution in [3.05, 3.63) is 53.1 Å². The Morgan fingerprint density at radius 1 is 1.48 bits per heavy atom. The van der Waals surface area contributed by atoms with Crippen molar-refractivity contribution in [2.24, 2.45) is 5.92 Å². The highest BCUT2D eigenvalue weighted by Crippen LogP contribution is 2.08. The average molecular weight is 291 g/mol. The number of carbonyl (C=O) groups is 1. The van der Waals surface area contributed by atoms with E-state index in [9.17, 15) is 14.7 Å². The summed E-state index contributed by atoms with van der Waals surface area (Å²) in [7, 11) is 0. The lowest BCUT2D eigenvalue weighted by atomic mass is 10.1. The maximum absolute atomic E-state index is 11.8. The smallest absolute Gasteiger partial charge is 0.347 e. The molecule has 0 saturated heterocycles. The van der Waals surface area contributed by atoms with Gasteiger partial charge in [-0.05, 0) is 18.2 Å². The molecule has 0 aliphatic heterocycles. The summed E-state index contributed by atoms with van der Waals surface area (Å²) < 4.78 is 6.42. The van der Waals surface area contributed by atoms with Gasteiger partial charge in [-0.25, -0.2) is 9.78 Å². The molecule has 1 amide bonds. The Morgan fingerprint density at radius 2 is 2.33 bits per heavy atom. The lowest BCUT2D eigenvalue weighted by molar-refractivity contribution is -0.122. The fourth-order valence-corrected chi connectivity index (χ4v) is 1.89. The first-order valence-electron chi connectivity index (χ1n) is 6.60. The Bertz CT molecular complexity index is 621. The van der Waals surface area contributed by atoms with Crippen molar-refractivity contribution in [1.29, 1.82) is 0 Å². The van der Waals surface area contributed by atoms with Crippen molar-refractivity contribution in [2.45, 2.75) is 13.0 Å². The van der Waals surface area contributed by atoms with Crippen LogP contribution in [0, 0.1) is 5.92 Å². The van der Waals surface area contributed by atoms with Crippen LogP contribution >= 0.6 is 0 Å². The summed E-state index contributed by atoms with van der Waals surface area (Å²) in [6.07, 6.45) is 4.98. The number of amides is 1. The minimum Gasteiger partial charge on any atom is -0.469 e. The molecule has 0 bridgehead atoms. The molecule has 2 rings (SSSR count). The van der Waals surface area contributed by atoms with E-state index in [2.05, 4.69) is 10.3 Å². The molecule has 0 aliphatic rings. The number of aliphatic hydroxyl groups is 1. The summed E-state index contributed by atoms with van der Waals surface area (Å²) in [6.45, 7) is 0.157. The predicted octanol–water partition coefficient (Wildman–Crippen LogP) is -0.196. The molecule has 0 saturated carbocycles. The Hall–Kier alpha value is -2.41. The Balaban J connectivity index is 1.82. The Labute approximate surface area is 121 Å². The molecule has 2 heterocycles. The fraction of sp³-hybridized carbons (Fsp3) is 0.357. The summed E-state index contributed by atoms with van der Waals surface area (Å²) in [6, 6.07) is 5.18. The van der Waals surface area contributed by atoms with Crippen LogP contribution in [0.4, 0.5) is 0 Å². The minimum atomic E-state index is -0.470. The number of furan rings is 1. The van der Waals surface area contributed by atoms with Gasteiger partial charge in [0.25, 0.3) is 0 Å². The number of nitrogens with zero attached hydrogens (tertiary/aromatic N) is 2. The first-order chi connectivity index (χ1) is 10.2. The maximum atomic E-state index is 11.8. The third-order valence-corrected chi connectivity index (χ3v) is 3.01. The summed E-state index contributed by atoms with van der Waals surface area (Å²) >= 11 is 0. The number of nitrogens with one attached hydrogen (secondary N) is 1. The van der Waals surface area contributed by atoms with Gasteiger partial charge in [0.05, 0.1) is 6.26 Å². The highest BCUT2D eigenvalue weighted by molar-refractivity contribution is 5.75. The van der Waals surface area contributed by atoms with E-state index in [1.165, 1.54) is 17.0 Å². The quantitative estimate of drug-likeness (QED) is 0.736. The molecular formula is C14H17N3O4. The summed E-state index contributed by atoms with van der Waals surface area (Å²) in [5.74, 6) is 0.320. The third kappa shape index (κ3) is 4.57. The van der Waals surface area contributed by atoms with Crippen LogP contribution in [0.5, 0.6) is 0 Å². The van der Waals surface area contributed by atoms with E-state index in [0.29, 0.717) is 13.0 Å². The van der Waals surface area contributed by atoms with Crippen molar-refractivity contribution in [3.8, 4) is 0 Å². The van der Waals surface area contributed by atoms with Crippen LogP contribution in [0.25, 0.3) is 0 Å². The topological polar surface area (TPSA) is 97.4 Å². The number of aromatic nitrogens is 2. The number of aliphatic hydroxyl groups excluding tert-OH is 1. The average Bonchev–Trinajstić information content (AvgIpc) is 2.99. The first-order valence-corrected chi connectivity index (χ1v) is 6.60. The summed E-state index contributed by atoms with van der Waals surface area (Å²) in [5, 5.41) is 12.0. The molecule has 7 heteroatoms. The van der Waals surface area contributed by atoms with E-state index in [-0.39, 0.29) is 25.0 Å². The van der Waals surface area contributed by atoms with Crippen molar-refractivity contribution in [2.75, 3.05) is 13.2 Å². The number of rotatable bonds is 7. The third-order valence-electron chi connectivity index (χ3n) is 3.01. The molecule has 0 aliphatic carbocycles. The Kier molecular flexibility index (Phi) is 5.28. The molecule has 0 aromatic carbocycles. The zero-order valence-electron chi connectivity index (χ0n) is 11.4. The van der Waals surface area contributed by atoms with Crippen molar-refractivity contribution < 1.29 is 14.3 Å². The molecule has 21 heavy (non-hydrogen) atoms. The van der Waals surface area contributed by atoms with Crippen LogP contribution in [-0.2, 0) is 17.8 Å². The van der Waals surface area contributed by atoms with Gasteiger partial charge in [0.2, 0.25) is 5.91 Å². The van der Waals surface area contributed by atoms with Crippen molar-refractivity contribution in [1.82, 2.24) is 14.9 Å². The summed E-state index contributed by atoms with van der Waals surface area (Å²) in [4.78, 5) is 26.7. The monoisotopic (exact) mass is 291 g/mol. The van der Waals surface area contributed by atoms with Gasteiger partial charge in [-0.15, -0.1) is 0 Å². The molecule has 2 aromatic heterocycles. The van der Waals surface area contributed by atoms with Crippen LogP contribution in [0.1, 0.15) is 5.76 Å². The molecule has 0 spiro atoms. The largest absolute Gasteiger partial charge is 0.469 e. The van der Waals surface area contributed by atoms with Crippen LogP contribution in [0.3, 0.4) is 0 Å². The molecule has 7 nitrogen and oxygen atoms in total. The van der Waals surface area contributed by atoms with Crippen LogP contribution in [-0.4, -0.2) is 33.7 Å². The normalized spacial score (nSPS) is 12.0. The van der Waals surface area contributed by atoms with Gasteiger partial charge in [-0.3, -0.25) is 9.36 Å². The predicted molar refractivity (Wildman–Crippen MR) is 74.5 cm³/mol. The van der Waals surface area contributed by atoms with E-state index in [0.717, 1.165) is 5.76 Å². The minimum absolute atomic E-state index is 0.0617. The van der Waals surface area contributed by atoms with E-state index < -0.39 is 5.69 Å². The van der Waals surface area contributed by atoms with Gasteiger partial charge < -0.3 is 14.8 Å². The standard InChI is InChI=1S/C14H17N3O4/c18-10-11(7-12-3-1-6-21-12)8-16-13(19)9-17-5-2-4-15-14(17)20/h1-6,11,18H,7-10H2,(H,16,19)/t11-/m1/s1. The van der Waals surface area contributed by atoms with Gasteiger partial charge in [0.15, 0.2) is 0 Å². The van der Waals surface area contributed by atoms with Crippen LogP contribution < -0.4 is 11.0 Å². The molecule has 1 atom stereocenters. The zero-order valence-corrected chi connectivity index (χ0v) is 11.4. The maximum Gasteiger partial charge on any atom is 0.347 e. The second-order valence-corrected chi connectivity index (χ2v) is 4.67. The number of carbonyl (C=O) groups excluding carboxylic acids is 1.